The highest BCUT2D eigenvalue weighted by Gasteiger charge is 2.31. The van der Waals surface area contributed by atoms with Crippen molar-refractivity contribution in [3.63, 3.8) is 0 Å². The van der Waals surface area contributed by atoms with E-state index in [2.05, 4.69) is 5.32 Å². The van der Waals surface area contributed by atoms with Crippen molar-refractivity contribution in [2.45, 2.75) is 44.2 Å². The number of rotatable bonds is 8. The quantitative estimate of drug-likeness (QED) is 0.648. The van der Waals surface area contributed by atoms with Gasteiger partial charge in [-0.05, 0) is 28.7 Å². The minimum atomic E-state index is -1.39. The Morgan fingerprint density at radius 3 is 2.18 bits per heavy atom. The van der Waals surface area contributed by atoms with Crippen molar-refractivity contribution in [2.75, 3.05) is 6.61 Å². The molecule has 3 rings (SSSR count). The van der Waals surface area contributed by atoms with Crippen molar-refractivity contribution in [1.82, 2.24) is 5.32 Å². The second-order valence-corrected chi connectivity index (χ2v) is 7.00. The molecular formula is C22H25NO5. The molecule has 0 saturated heterocycles. The van der Waals surface area contributed by atoms with Crippen LogP contribution in [0.4, 0.5) is 4.79 Å². The topological polar surface area (TPSA) is 95.9 Å². The number of unbranched alkanes of at least 4 members (excludes halogenated alkanes) is 1. The summed E-state index contributed by atoms with van der Waals surface area (Å²) in [7, 11) is 0. The fraction of sp³-hybridized carbons (Fsp3) is 0.364. The molecule has 0 saturated carbocycles. The lowest BCUT2D eigenvalue weighted by atomic mass is 9.98. The number of aliphatic hydroxyl groups excluding tert-OH is 1. The highest BCUT2D eigenvalue weighted by molar-refractivity contribution is 5.81. The van der Waals surface area contributed by atoms with Crippen LogP contribution in [0.3, 0.4) is 0 Å². The predicted octanol–water partition coefficient (Wildman–Crippen LogP) is 3.53. The zero-order valence-corrected chi connectivity index (χ0v) is 15.8. The van der Waals surface area contributed by atoms with E-state index in [4.69, 9.17) is 4.74 Å². The second kappa shape index (κ2) is 8.89. The Bertz CT molecular complexity index is 805. The minimum Gasteiger partial charge on any atom is -0.480 e. The van der Waals surface area contributed by atoms with Crippen LogP contribution in [0, 0.1) is 0 Å². The molecule has 2 aromatic rings. The molecule has 0 spiro atoms. The molecule has 1 aliphatic rings. The summed E-state index contributed by atoms with van der Waals surface area (Å²) in [5.74, 6) is -1.39. The first-order valence-corrected chi connectivity index (χ1v) is 9.55. The van der Waals surface area contributed by atoms with Gasteiger partial charge in [0.25, 0.3) is 0 Å². The first-order chi connectivity index (χ1) is 13.5. The molecule has 6 nitrogen and oxygen atoms in total. The van der Waals surface area contributed by atoms with Gasteiger partial charge >= 0.3 is 12.1 Å². The fourth-order valence-electron chi connectivity index (χ4n) is 3.67. The van der Waals surface area contributed by atoms with Crippen LogP contribution in [0.5, 0.6) is 0 Å². The van der Waals surface area contributed by atoms with Gasteiger partial charge in [0.1, 0.15) is 6.61 Å². The molecule has 0 bridgehead atoms. The van der Waals surface area contributed by atoms with Gasteiger partial charge in [-0.25, -0.2) is 9.59 Å². The smallest absolute Gasteiger partial charge is 0.407 e. The number of carbonyl (C=O) groups is 2. The van der Waals surface area contributed by atoms with E-state index in [9.17, 15) is 19.8 Å². The van der Waals surface area contributed by atoms with Crippen molar-refractivity contribution in [2.24, 2.45) is 0 Å². The van der Waals surface area contributed by atoms with E-state index >= 15 is 0 Å². The molecule has 6 heteroatoms. The summed E-state index contributed by atoms with van der Waals surface area (Å²) in [6, 6.07) is 14.6. The number of hydrogen-bond acceptors (Lipinski definition) is 4. The minimum absolute atomic E-state index is 0.0945. The lowest BCUT2D eigenvalue weighted by molar-refractivity contribution is -0.142. The van der Waals surface area contributed by atoms with Crippen molar-refractivity contribution >= 4 is 12.1 Å². The Kier molecular flexibility index (Phi) is 6.31. The van der Waals surface area contributed by atoms with Crippen LogP contribution in [0.2, 0.25) is 0 Å². The van der Waals surface area contributed by atoms with Crippen LogP contribution >= 0.6 is 0 Å². The molecule has 2 aromatic carbocycles. The standard InChI is InChI=1S/C22H25NO5/c1-2-3-12-19(24)20(21(25)26)23-22(27)28-13-18-16-10-6-4-8-14(16)15-9-5-7-11-17(15)18/h4-11,18-20,24H,2-3,12-13H2,1H3,(H,23,27)(H,25,26). The van der Waals surface area contributed by atoms with Gasteiger partial charge in [-0.1, -0.05) is 68.3 Å². The highest BCUT2D eigenvalue weighted by atomic mass is 16.5. The van der Waals surface area contributed by atoms with Crippen LogP contribution < -0.4 is 5.32 Å². The Balaban J connectivity index is 1.67. The van der Waals surface area contributed by atoms with E-state index in [0.29, 0.717) is 12.8 Å². The van der Waals surface area contributed by atoms with Crippen LogP contribution in [-0.4, -0.2) is 41.0 Å². The van der Waals surface area contributed by atoms with Crippen LogP contribution in [-0.2, 0) is 9.53 Å². The maximum atomic E-state index is 12.2. The van der Waals surface area contributed by atoms with Gasteiger partial charge in [0.15, 0.2) is 6.04 Å². The number of hydrogen-bond donors (Lipinski definition) is 3. The summed E-state index contributed by atoms with van der Waals surface area (Å²) < 4.78 is 5.35. The lowest BCUT2D eigenvalue weighted by Crippen LogP contribution is -2.49. The summed E-state index contributed by atoms with van der Waals surface area (Å²) in [5, 5.41) is 21.6. The molecule has 28 heavy (non-hydrogen) atoms. The van der Waals surface area contributed by atoms with Crippen LogP contribution in [0.1, 0.15) is 43.2 Å². The zero-order valence-electron chi connectivity index (χ0n) is 15.8. The van der Waals surface area contributed by atoms with E-state index in [1.165, 1.54) is 0 Å². The van der Waals surface area contributed by atoms with Gasteiger partial charge in [-0.2, -0.15) is 0 Å². The monoisotopic (exact) mass is 383 g/mol. The predicted molar refractivity (Wildman–Crippen MR) is 105 cm³/mol. The lowest BCUT2D eigenvalue weighted by Gasteiger charge is -2.21. The third kappa shape index (κ3) is 4.17. The van der Waals surface area contributed by atoms with Gasteiger partial charge in [-0.3, -0.25) is 0 Å². The van der Waals surface area contributed by atoms with Crippen molar-refractivity contribution < 1.29 is 24.5 Å². The fourth-order valence-corrected chi connectivity index (χ4v) is 3.67. The Hall–Kier alpha value is -2.86. The molecular weight excluding hydrogens is 358 g/mol. The molecule has 1 aliphatic carbocycles. The maximum Gasteiger partial charge on any atom is 0.407 e. The highest BCUT2D eigenvalue weighted by Crippen LogP contribution is 2.44. The number of nitrogens with one attached hydrogen (secondary N) is 1. The second-order valence-electron chi connectivity index (χ2n) is 7.00. The largest absolute Gasteiger partial charge is 0.480 e. The molecule has 3 N–H and O–H groups in total. The number of carbonyl (C=O) groups excluding carboxylic acids is 1. The van der Waals surface area contributed by atoms with E-state index in [1.54, 1.807) is 0 Å². The van der Waals surface area contributed by atoms with E-state index in [1.807, 2.05) is 55.5 Å². The molecule has 1 amide bonds. The van der Waals surface area contributed by atoms with Gasteiger partial charge < -0.3 is 20.3 Å². The summed E-state index contributed by atoms with van der Waals surface area (Å²) in [4.78, 5) is 23.6. The Morgan fingerprint density at radius 1 is 1.07 bits per heavy atom. The van der Waals surface area contributed by atoms with Crippen molar-refractivity contribution in [3.05, 3.63) is 59.7 Å². The summed E-state index contributed by atoms with van der Waals surface area (Å²) in [5.41, 5.74) is 4.39. The summed E-state index contributed by atoms with van der Waals surface area (Å²) >= 11 is 0. The van der Waals surface area contributed by atoms with Crippen LogP contribution in [0.25, 0.3) is 11.1 Å². The van der Waals surface area contributed by atoms with Gasteiger partial charge in [0, 0.05) is 5.92 Å². The molecule has 0 aromatic heterocycles. The third-order valence-corrected chi connectivity index (χ3v) is 5.12. The third-order valence-electron chi connectivity index (χ3n) is 5.12. The first kappa shape index (κ1) is 19.9. The first-order valence-electron chi connectivity index (χ1n) is 9.55. The summed E-state index contributed by atoms with van der Waals surface area (Å²) in [6.45, 7) is 2.04. The van der Waals surface area contributed by atoms with E-state index in [0.717, 1.165) is 28.7 Å². The molecule has 2 unspecified atom stereocenters. The molecule has 0 radical (unpaired) electrons. The molecule has 0 heterocycles. The number of benzene rings is 2. The van der Waals surface area contributed by atoms with Crippen molar-refractivity contribution in [1.29, 1.82) is 0 Å². The Morgan fingerprint density at radius 2 is 1.64 bits per heavy atom. The van der Waals surface area contributed by atoms with Gasteiger partial charge in [0.2, 0.25) is 0 Å². The number of carboxylic acid groups (broad SMARTS) is 1. The number of ether oxygens (including phenoxy) is 1. The number of amides is 1. The average Bonchev–Trinajstić information content (AvgIpc) is 3.02. The number of alkyl carbamates (subject to hydrolysis) is 1. The zero-order chi connectivity index (χ0) is 20.1. The van der Waals surface area contributed by atoms with Gasteiger partial charge in [-0.15, -0.1) is 0 Å². The van der Waals surface area contributed by atoms with Crippen molar-refractivity contribution in [3.8, 4) is 11.1 Å². The molecule has 2 atom stereocenters. The summed E-state index contributed by atoms with van der Waals surface area (Å²) in [6.07, 6.45) is -0.189. The SMILES string of the molecule is CCCCC(O)C(NC(=O)OCC1c2ccccc2-c2ccccc21)C(=O)O. The van der Waals surface area contributed by atoms with E-state index in [-0.39, 0.29) is 12.5 Å². The average molecular weight is 383 g/mol. The number of aliphatic carboxylic acids is 1. The Labute approximate surface area is 164 Å². The molecule has 148 valence electrons. The number of carboxylic acids is 1. The molecule has 0 aliphatic heterocycles. The number of aliphatic hydroxyl groups is 1. The van der Waals surface area contributed by atoms with E-state index < -0.39 is 24.2 Å². The normalized spacial score (nSPS) is 14.6. The molecule has 0 fully saturated rings. The number of fused-ring (bicyclic) bond motifs is 3. The van der Waals surface area contributed by atoms with Crippen LogP contribution in [0.15, 0.2) is 48.5 Å². The maximum absolute atomic E-state index is 12.2. The van der Waals surface area contributed by atoms with Gasteiger partial charge in [0.05, 0.1) is 6.10 Å².